The smallest absolute Gasteiger partial charge is 0.232 e. The van der Waals surface area contributed by atoms with Crippen molar-refractivity contribution in [1.82, 2.24) is 25.2 Å². The van der Waals surface area contributed by atoms with Gasteiger partial charge in [-0.2, -0.15) is 15.0 Å². The van der Waals surface area contributed by atoms with Gasteiger partial charge in [-0.15, -0.1) is 12.4 Å². The predicted octanol–water partition coefficient (Wildman–Crippen LogP) is 2.65. The van der Waals surface area contributed by atoms with Gasteiger partial charge in [0.15, 0.2) is 11.6 Å². The van der Waals surface area contributed by atoms with Gasteiger partial charge in [0, 0.05) is 51.7 Å². The van der Waals surface area contributed by atoms with Gasteiger partial charge in [-0.1, -0.05) is 6.07 Å². The number of rotatable bonds is 7. The maximum absolute atomic E-state index is 13.4. The molecular weight excluding hydrogens is 478 g/mol. The summed E-state index contributed by atoms with van der Waals surface area (Å²) in [5.74, 6) is -0.226. The van der Waals surface area contributed by atoms with Gasteiger partial charge >= 0.3 is 0 Å². The summed E-state index contributed by atoms with van der Waals surface area (Å²) in [5, 5.41) is 9.28. The highest BCUT2D eigenvalue weighted by Gasteiger charge is 2.27. The Morgan fingerprint density at radius 1 is 1.00 bits per heavy atom. The Balaban J connectivity index is 0.00000342. The normalized spacial score (nSPS) is 20.6. The number of anilines is 3. The van der Waals surface area contributed by atoms with Gasteiger partial charge in [-0.3, -0.25) is 4.79 Å². The SMILES string of the molecule is CNc1nc(N[C@H]2CC[C@@H](C(=O)NCc3ccc(F)c(F)c3)CC2)nc(N2CCN(C)CC2)n1.Cl. The van der Waals surface area contributed by atoms with Crippen molar-refractivity contribution < 1.29 is 13.6 Å². The topological polar surface area (TPSA) is 98.3 Å². The van der Waals surface area contributed by atoms with E-state index in [1.54, 1.807) is 7.05 Å². The van der Waals surface area contributed by atoms with Gasteiger partial charge in [-0.25, -0.2) is 8.78 Å². The van der Waals surface area contributed by atoms with Crippen molar-refractivity contribution in [2.75, 3.05) is 55.8 Å². The molecule has 1 aromatic carbocycles. The summed E-state index contributed by atoms with van der Waals surface area (Å²) >= 11 is 0. The van der Waals surface area contributed by atoms with E-state index >= 15 is 0 Å². The highest BCUT2D eigenvalue weighted by molar-refractivity contribution is 5.85. The van der Waals surface area contributed by atoms with E-state index in [0.29, 0.717) is 23.4 Å². The molecule has 0 radical (unpaired) electrons. The lowest BCUT2D eigenvalue weighted by molar-refractivity contribution is -0.126. The molecule has 1 aliphatic heterocycles. The Labute approximate surface area is 210 Å². The molecule has 2 fully saturated rings. The second-order valence-electron chi connectivity index (χ2n) is 8.98. The Bertz CT molecular complexity index is 997. The molecule has 0 atom stereocenters. The van der Waals surface area contributed by atoms with Crippen LogP contribution in [0.3, 0.4) is 0 Å². The van der Waals surface area contributed by atoms with Crippen molar-refractivity contribution in [2.45, 2.75) is 38.3 Å². The van der Waals surface area contributed by atoms with Crippen LogP contribution in [0.4, 0.5) is 26.6 Å². The molecule has 192 valence electrons. The average Bonchev–Trinajstić information content (AvgIpc) is 2.85. The van der Waals surface area contributed by atoms with Crippen LogP contribution in [0, 0.1) is 17.6 Å². The van der Waals surface area contributed by atoms with Crippen molar-refractivity contribution in [2.24, 2.45) is 5.92 Å². The number of piperazine rings is 1. The third-order valence-corrected chi connectivity index (χ3v) is 6.52. The number of nitrogens with one attached hydrogen (secondary N) is 3. The van der Waals surface area contributed by atoms with Crippen molar-refractivity contribution >= 4 is 36.2 Å². The number of aromatic nitrogens is 3. The average molecular weight is 511 g/mol. The van der Waals surface area contributed by atoms with Gasteiger partial charge < -0.3 is 25.8 Å². The minimum absolute atomic E-state index is 0. The van der Waals surface area contributed by atoms with Crippen LogP contribution in [0.15, 0.2) is 18.2 Å². The number of carbonyl (C=O) groups is 1. The standard InChI is InChI=1S/C23H32F2N8O.ClH/c1-26-21-29-22(31-23(30-21)33-11-9-32(2)10-12-33)28-17-6-4-16(5-7-17)20(34)27-14-15-3-8-18(24)19(25)13-15;/h3,8,13,16-17H,4-7,9-12,14H2,1-2H3,(H,27,34)(H2,26,28,29,30,31);1H/t16-,17+;. The number of amides is 1. The molecule has 3 N–H and O–H groups in total. The van der Waals surface area contributed by atoms with Crippen LogP contribution in [-0.4, -0.2) is 72.1 Å². The molecule has 2 aromatic rings. The van der Waals surface area contributed by atoms with Crippen molar-refractivity contribution in [3.8, 4) is 0 Å². The van der Waals surface area contributed by atoms with Crippen LogP contribution in [-0.2, 0) is 11.3 Å². The molecule has 1 amide bonds. The molecule has 9 nitrogen and oxygen atoms in total. The van der Waals surface area contributed by atoms with E-state index in [2.05, 4.69) is 47.7 Å². The van der Waals surface area contributed by atoms with Crippen LogP contribution in [0.2, 0.25) is 0 Å². The molecule has 0 unspecified atom stereocenters. The van der Waals surface area contributed by atoms with Crippen molar-refractivity contribution in [3.63, 3.8) is 0 Å². The van der Waals surface area contributed by atoms with Crippen LogP contribution in [0.1, 0.15) is 31.2 Å². The zero-order chi connectivity index (χ0) is 24.1. The molecule has 2 aliphatic rings. The van der Waals surface area contributed by atoms with E-state index < -0.39 is 11.6 Å². The molecule has 1 saturated carbocycles. The monoisotopic (exact) mass is 510 g/mol. The highest BCUT2D eigenvalue weighted by Crippen LogP contribution is 2.27. The lowest BCUT2D eigenvalue weighted by Crippen LogP contribution is -2.45. The minimum atomic E-state index is -0.908. The Morgan fingerprint density at radius 3 is 2.34 bits per heavy atom. The highest BCUT2D eigenvalue weighted by atomic mass is 35.5. The quantitative estimate of drug-likeness (QED) is 0.523. The summed E-state index contributed by atoms with van der Waals surface area (Å²) in [5.41, 5.74) is 0.536. The summed E-state index contributed by atoms with van der Waals surface area (Å²) < 4.78 is 26.4. The van der Waals surface area contributed by atoms with Gasteiger partial charge in [0.25, 0.3) is 0 Å². The molecule has 12 heteroatoms. The Kier molecular flexibility index (Phi) is 9.39. The molecule has 1 aromatic heterocycles. The molecule has 1 saturated heterocycles. The summed E-state index contributed by atoms with van der Waals surface area (Å²) in [6.07, 6.45) is 3.09. The zero-order valence-corrected chi connectivity index (χ0v) is 20.9. The van der Waals surface area contributed by atoms with Crippen LogP contribution in [0.25, 0.3) is 0 Å². The molecule has 4 rings (SSSR count). The second kappa shape index (κ2) is 12.3. The number of hydrogen-bond donors (Lipinski definition) is 3. The maximum Gasteiger partial charge on any atom is 0.232 e. The van der Waals surface area contributed by atoms with E-state index in [-0.39, 0.29) is 36.8 Å². The fourth-order valence-corrected chi connectivity index (χ4v) is 4.35. The Hall–Kier alpha value is -2.79. The van der Waals surface area contributed by atoms with Crippen LogP contribution in [0.5, 0.6) is 0 Å². The first-order valence-corrected chi connectivity index (χ1v) is 11.8. The van der Waals surface area contributed by atoms with E-state index in [4.69, 9.17) is 0 Å². The number of likely N-dealkylation sites (N-methyl/N-ethyl adjacent to an activating group) is 1. The van der Waals surface area contributed by atoms with Crippen LogP contribution >= 0.6 is 12.4 Å². The van der Waals surface area contributed by atoms with Crippen LogP contribution < -0.4 is 20.9 Å². The first-order valence-electron chi connectivity index (χ1n) is 11.8. The van der Waals surface area contributed by atoms with E-state index in [1.165, 1.54) is 6.07 Å². The predicted molar refractivity (Wildman–Crippen MR) is 134 cm³/mol. The maximum atomic E-state index is 13.4. The molecular formula is C23H33ClF2N8O. The largest absolute Gasteiger partial charge is 0.357 e. The number of benzene rings is 1. The molecule has 35 heavy (non-hydrogen) atoms. The number of halogens is 3. The van der Waals surface area contributed by atoms with Crippen molar-refractivity contribution in [1.29, 1.82) is 0 Å². The summed E-state index contributed by atoms with van der Waals surface area (Å²) in [6.45, 7) is 3.85. The third kappa shape index (κ3) is 7.11. The van der Waals surface area contributed by atoms with E-state index in [0.717, 1.165) is 64.0 Å². The lowest BCUT2D eigenvalue weighted by atomic mass is 9.85. The summed E-state index contributed by atoms with van der Waals surface area (Å²) in [7, 11) is 3.90. The second-order valence-corrected chi connectivity index (χ2v) is 8.98. The molecule has 0 spiro atoms. The first-order chi connectivity index (χ1) is 16.4. The zero-order valence-electron chi connectivity index (χ0n) is 20.1. The lowest BCUT2D eigenvalue weighted by Gasteiger charge is -2.33. The molecule has 2 heterocycles. The van der Waals surface area contributed by atoms with Gasteiger partial charge in [0.05, 0.1) is 0 Å². The Morgan fingerprint density at radius 2 is 1.69 bits per heavy atom. The summed E-state index contributed by atoms with van der Waals surface area (Å²) in [6, 6.07) is 3.83. The van der Waals surface area contributed by atoms with E-state index in [9.17, 15) is 13.6 Å². The van der Waals surface area contributed by atoms with E-state index in [1.807, 2.05) is 0 Å². The number of nitrogens with zero attached hydrogens (tertiary/aromatic N) is 5. The fraction of sp³-hybridized carbons (Fsp3) is 0.565. The van der Waals surface area contributed by atoms with Gasteiger partial charge in [-0.05, 0) is 50.4 Å². The van der Waals surface area contributed by atoms with Gasteiger partial charge in [0.2, 0.25) is 23.8 Å². The first kappa shape index (κ1) is 26.8. The minimum Gasteiger partial charge on any atom is -0.357 e. The number of hydrogen-bond acceptors (Lipinski definition) is 8. The molecule has 1 aliphatic carbocycles. The number of carbonyl (C=O) groups excluding carboxylic acids is 1. The third-order valence-electron chi connectivity index (χ3n) is 6.52. The summed E-state index contributed by atoms with van der Waals surface area (Å²) in [4.78, 5) is 30.7. The molecule has 0 bridgehead atoms. The van der Waals surface area contributed by atoms with Crippen molar-refractivity contribution in [3.05, 3.63) is 35.4 Å². The fourth-order valence-electron chi connectivity index (χ4n) is 4.35. The van der Waals surface area contributed by atoms with Gasteiger partial charge in [0.1, 0.15) is 0 Å².